The summed E-state index contributed by atoms with van der Waals surface area (Å²) in [6.45, 7) is 13.5. The lowest BCUT2D eigenvalue weighted by Crippen LogP contribution is -2.41. The van der Waals surface area contributed by atoms with E-state index in [-0.39, 0.29) is 5.04 Å². The molecule has 0 heterocycles. The topological polar surface area (TPSA) is 18.5 Å². The lowest BCUT2D eigenvalue weighted by molar-refractivity contribution is 0.122. The molecule has 0 aromatic carbocycles. The number of terminal acetylenes is 1. The van der Waals surface area contributed by atoms with E-state index in [0.717, 1.165) is 19.6 Å². The molecule has 94 valence electrons. The molecule has 0 aliphatic heterocycles. The van der Waals surface area contributed by atoms with E-state index in [0.29, 0.717) is 13.0 Å². The quantitative estimate of drug-likeness (QED) is 0.387. The first-order valence-corrected chi connectivity index (χ1v) is 8.87. The average Bonchev–Trinajstić information content (AvgIpc) is 2.14. The molecule has 0 aromatic heterocycles. The summed E-state index contributed by atoms with van der Waals surface area (Å²) < 4.78 is 11.4. The molecule has 0 aromatic rings. The molecule has 0 radical (unpaired) electrons. The highest BCUT2D eigenvalue weighted by Crippen LogP contribution is 2.36. The zero-order valence-corrected chi connectivity index (χ0v) is 12.4. The first-order chi connectivity index (χ1) is 7.31. The summed E-state index contributed by atoms with van der Waals surface area (Å²) in [7, 11) is -1.57. The summed E-state index contributed by atoms with van der Waals surface area (Å²) in [5, 5.41) is 0.289. The monoisotopic (exact) mass is 242 g/mol. The van der Waals surface area contributed by atoms with Crippen molar-refractivity contribution in [3.05, 3.63) is 0 Å². The van der Waals surface area contributed by atoms with Crippen LogP contribution in [0.2, 0.25) is 18.1 Å². The van der Waals surface area contributed by atoms with E-state index < -0.39 is 8.32 Å². The predicted molar refractivity (Wildman–Crippen MR) is 72.0 cm³/mol. The molecule has 0 spiro atoms. The molecule has 0 rings (SSSR count). The summed E-state index contributed by atoms with van der Waals surface area (Å²) in [5.74, 6) is 2.55. The van der Waals surface area contributed by atoms with Gasteiger partial charge in [-0.2, -0.15) is 0 Å². The van der Waals surface area contributed by atoms with Gasteiger partial charge in [-0.15, -0.1) is 12.3 Å². The molecule has 0 aliphatic carbocycles. The van der Waals surface area contributed by atoms with E-state index in [1.807, 2.05) is 0 Å². The second kappa shape index (κ2) is 7.11. The highest BCUT2D eigenvalue weighted by Gasteiger charge is 2.36. The van der Waals surface area contributed by atoms with Crippen molar-refractivity contribution in [3.8, 4) is 12.3 Å². The van der Waals surface area contributed by atoms with Crippen LogP contribution in [0.1, 0.15) is 33.6 Å². The maximum Gasteiger partial charge on any atom is 0.191 e. The van der Waals surface area contributed by atoms with Gasteiger partial charge in [-0.25, -0.2) is 0 Å². The van der Waals surface area contributed by atoms with Crippen molar-refractivity contribution in [3.63, 3.8) is 0 Å². The standard InChI is InChI=1S/C13H26O2Si/c1-7-8-10-14-11-9-12-15-16(5,6)13(2,3)4/h1H,8-12H2,2-6H3. The van der Waals surface area contributed by atoms with E-state index in [1.165, 1.54) is 0 Å². The molecule has 0 saturated heterocycles. The first-order valence-electron chi connectivity index (χ1n) is 5.96. The van der Waals surface area contributed by atoms with Crippen molar-refractivity contribution >= 4 is 8.32 Å². The summed E-state index contributed by atoms with van der Waals surface area (Å²) in [4.78, 5) is 0. The Kier molecular flexibility index (Phi) is 6.97. The van der Waals surface area contributed by atoms with Crippen LogP contribution in [-0.4, -0.2) is 28.1 Å². The summed E-state index contributed by atoms with van der Waals surface area (Å²) in [6, 6.07) is 0. The third kappa shape index (κ3) is 6.32. The van der Waals surface area contributed by atoms with Crippen molar-refractivity contribution < 1.29 is 9.16 Å². The normalized spacial score (nSPS) is 12.5. The van der Waals surface area contributed by atoms with Gasteiger partial charge in [0.1, 0.15) is 0 Å². The molecule has 3 heteroatoms. The van der Waals surface area contributed by atoms with Gasteiger partial charge < -0.3 is 9.16 Å². The highest BCUT2D eigenvalue weighted by atomic mass is 28.4. The third-order valence-electron chi connectivity index (χ3n) is 3.09. The van der Waals surface area contributed by atoms with Gasteiger partial charge in [0.2, 0.25) is 0 Å². The van der Waals surface area contributed by atoms with Crippen molar-refractivity contribution in [2.24, 2.45) is 0 Å². The number of ether oxygens (including phenoxy) is 1. The molecule has 0 atom stereocenters. The second-order valence-corrected chi connectivity index (χ2v) is 10.3. The van der Waals surface area contributed by atoms with Crippen LogP contribution in [-0.2, 0) is 9.16 Å². The van der Waals surface area contributed by atoms with Crippen molar-refractivity contribution in [2.45, 2.75) is 51.7 Å². The molecule has 0 aliphatic rings. The molecular formula is C13H26O2Si. The zero-order valence-electron chi connectivity index (χ0n) is 11.4. The van der Waals surface area contributed by atoms with E-state index in [9.17, 15) is 0 Å². The van der Waals surface area contributed by atoms with Gasteiger partial charge in [0, 0.05) is 19.6 Å². The van der Waals surface area contributed by atoms with E-state index in [1.54, 1.807) is 0 Å². The molecule has 0 bridgehead atoms. The van der Waals surface area contributed by atoms with Crippen LogP contribution in [0.15, 0.2) is 0 Å². The molecule has 0 amide bonds. The third-order valence-corrected chi connectivity index (χ3v) is 7.63. The zero-order chi connectivity index (χ0) is 12.7. The van der Waals surface area contributed by atoms with Crippen LogP contribution in [0.25, 0.3) is 0 Å². The van der Waals surface area contributed by atoms with Crippen LogP contribution in [0.5, 0.6) is 0 Å². The minimum Gasteiger partial charge on any atom is -0.417 e. The highest BCUT2D eigenvalue weighted by molar-refractivity contribution is 6.74. The summed E-state index contributed by atoms with van der Waals surface area (Å²) in [6.07, 6.45) is 6.78. The van der Waals surface area contributed by atoms with Gasteiger partial charge in [-0.1, -0.05) is 20.8 Å². The molecule has 16 heavy (non-hydrogen) atoms. The number of hydrogen-bond acceptors (Lipinski definition) is 2. The van der Waals surface area contributed by atoms with Gasteiger partial charge in [-0.05, 0) is 24.6 Å². The lowest BCUT2D eigenvalue weighted by atomic mass is 10.2. The van der Waals surface area contributed by atoms with Crippen LogP contribution in [0, 0.1) is 12.3 Å². The van der Waals surface area contributed by atoms with E-state index in [4.69, 9.17) is 15.6 Å². The van der Waals surface area contributed by atoms with E-state index in [2.05, 4.69) is 39.8 Å². The maximum atomic E-state index is 6.02. The van der Waals surface area contributed by atoms with Crippen molar-refractivity contribution in [1.82, 2.24) is 0 Å². The Bertz CT molecular complexity index is 223. The predicted octanol–water partition coefficient (Wildman–Crippen LogP) is 3.44. The first kappa shape index (κ1) is 15.7. The molecule has 0 saturated carbocycles. The Morgan fingerprint density at radius 1 is 1.12 bits per heavy atom. The largest absolute Gasteiger partial charge is 0.417 e. The smallest absolute Gasteiger partial charge is 0.191 e. The Labute approximate surface area is 102 Å². The Morgan fingerprint density at radius 3 is 2.25 bits per heavy atom. The second-order valence-electron chi connectivity index (χ2n) is 5.53. The van der Waals surface area contributed by atoms with Gasteiger partial charge in [0.15, 0.2) is 8.32 Å². The molecule has 0 N–H and O–H groups in total. The average molecular weight is 242 g/mol. The fourth-order valence-electron chi connectivity index (χ4n) is 0.938. The van der Waals surface area contributed by atoms with Gasteiger partial charge in [0.25, 0.3) is 0 Å². The van der Waals surface area contributed by atoms with Gasteiger partial charge in [0.05, 0.1) is 6.61 Å². The van der Waals surface area contributed by atoms with E-state index >= 15 is 0 Å². The number of hydrogen-bond donors (Lipinski definition) is 0. The SMILES string of the molecule is C#CCCOCCCO[Si](C)(C)C(C)(C)C. The number of rotatable bonds is 7. The minimum atomic E-state index is -1.57. The molecule has 0 fully saturated rings. The van der Waals surface area contributed by atoms with Crippen LogP contribution >= 0.6 is 0 Å². The van der Waals surface area contributed by atoms with Crippen LogP contribution in [0.4, 0.5) is 0 Å². The Balaban J connectivity index is 3.56. The van der Waals surface area contributed by atoms with Gasteiger partial charge in [-0.3, -0.25) is 0 Å². The van der Waals surface area contributed by atoms with Crippen molar-refractivity contribution in [1.29, 1.82) is 0 Å². The Morgan fingerprint density at radius 2 is 1.75 bits per heavy atom. The Hall–Kier alpha value is -0.303. The fourth-order valence-corrected chi connectivity index (χ4v) is 2.03. The minimum absolute atomic E-state index is 0.289. The molecular weight excluding hydrogens is 216 g/mol. The van der Waals surface area contributed by atoms with Crippen LogP contribution in [0.3, 0.4) is 0 Å². The fraction of sp³-hybridized carbons (Fsp3) is 0.846. The maximum absolute atomic E-state index is 6.02. The molecule has 2 nitrogen and oxygen atoms in total. The lowest BCUT2D eigenvalue weighted by Gasteiger charge is -2.36. The molecule has 0 unspecified atom stereocenters. The summed E-state index contributed by atoms with van der Waals surface area (Å²) >= 11 is 0. The van der Waals surface area contributed by atoms with Crippen LogP contribution < -0.4 is 0 Å². The van der Waals surface area contributed by atoms with Crippen molar-refractivity contribution in [2.75, 3.05) is 19.8 Å². The van der Waals surface area contributed by atoms with Gasteiger partial charge >= 0.3 is 0 Å². The summed E-state index contributed by atoms with van der Waals surface area (Å²) in [5.41, 5.74) is 0.